The second-order valence-electron chi connectivity index (χ2n) is 20.2. The van der Waals surface area contributed by atoms with E-state index in [4.69, 9.17) is 26.5 Å². The van der Waals surface area contributed by atoms with Crippen molar-refractivity contribution in [2.24, 2.45) is 0 Å². The molecule has 0 aliphatic carbocycles. The Kier molecular flexibility index (Phi) is 10.6. The highest BCUT2D eigenvalue weighted by molar-refractivity contribution is 7.43. The van der Waals surface area contributed by atoms with Gasteiger partial charge in [-0.1, -0.05) is 119 Å². The quantitative estimate of drug-likeness (QED) is 0.161. The van der Waals surface area contributed by atoms with Gasteiger partial charge in [0, 0.05) is 44.2 Å². The van der Waals surface area contributed by atoms with E-state index < -0.39 is 16.8 Å². The molecule has 1 aliphatic heterocycles. The molecule has 0 fully saturated rings. The Balaban J connectivity index is 1.56. The minimum absolute atomic E-state index is 0.215. The molecule has 6 aromatic rings. The van der Waals surface area contributed by atoms with E-state index in [9.17, 15) is 0 Å². The molecule has 1 aliphatic rings. The zero-order valence-corrected chi connectivity index (χ0v) is 39.1. The molecule has 6 nitrogen and oxygen atoms in total. The maximum absolute atomic E-state index is 7.39. The molecule has 0 saturated heterocycles. The lowest BCUT2D eigenvalue weighted by atomic mass is 9.80. The summed E-state index contributed by atoms with van der Waals surface area (Å²) in [5.41, 5.74) is 11.2. The fourth-order valence-corrected chi connectivity index (χ4v) is 9.92. The monoisotopic (exact) mass is 818 g/mol. The van der Waals surface area contributed by atoms with Gasteiger partial charge in [0.2, 0.25) is 0 Å². The SMILES string of the molecule is Cc1cc(-c2cc(C)cc(C(C)(C)C)c2Op2oc3c(C(C)(C)C)cc(C)cc3c3cc(C)cc(C(C)(C)C)c3o2)c(OP2Oc3ccccc3O2)c(C(C)(C)C)c1. The maximum Gasteiger partial charge on any atom is 0.530 e. The molecule has 7 rings (SSSR count). The number of benzene rings is 5. The minimum atomic E-state index is -2.05. The molecule has 0 spiro atoms. The van der Waals surface area contributed by atoms with Crippen molar-refractivity contribution in [3.05, 3.63) is 117 Å². The zero-order chi connectivity index (χ0) is 42.3. The van der Waals surface area contributed by atoms with Gasteiger partial charge in [-0.25, -0.2) is 0 Å². The van der Waals surface area contributed by atoms with Crippen molar-refractivity contribution in [2.45, 2.75) is 132 Å². The average Bonchev–Trinajstić information content (AvgIpc) is 3.44. The summed E-state index contributed by atoms with van der Waals surface area (Å²) in [5.74, 6) is 2.75. The average molecular weight is 819 g/mol. The molecule has 0 radical (unpaired) electrons. The molecular weight excluding hydrogens is 758 g/mol. The lowest BCUT2D eigenvalue weighted by Gasteiger charge is -2.28. The van der Waals surface area contributed by atoms with Gasteiger partial charge in [-0.05, 0) is 108 Å². The predicted octanol–water partition coefficient (Wildman–Crippen LogP) is 16.3. The molecule has 306 valence electrons. The van der Waals surface area contributed by atoms with Gasteiger partial charge >= 0.3 is 16.8 Å². The third kappa shape index (κ3) is 8.25. The third-order valence-electron chi connectivity index (χ3n) is 10.6. The number of fused-ring (bicyclic) bond motifs is 4. The lowest BCUT2D eigenvalue weighted by molar-refractivity contribution is 0.425. The van der Waals surface area contributed by atoms with Crippen LogP contribution in [0.15, 0.2) is 81.2 Å². The highest BCUT2D eigenvalue weighted by atomic mass is 31.2. The van der Waals surface area contributed by atoms with Crippen LogP contribution in [0.1, 0.15) is 128 Å². The van der Waals surface area contributed by atoms with E-state index in [1.807, 2.05) is 24.3 Å². The standard InChI is InChI=1S/C50H60O6P2/c1-29-21-33(43(37(25-29)47(5,6)7)53-57-51-41-19-17-18-20-42(41)52-57)34-22-30(2)26-38(48(8,9)10)44(34)54-58-55-45-35(23-31(3)27-39(45)49(11,12)13)36-24-32(4)28-40(46(36)56-58)50(14,15)16/h17-28H,1-16H3. The van der Waals surface area contributed by atoms with E-state index in [1.165, 1.54) is 11.1 Å². The summed E-state index contributed by atoms with van der Waals surface area (Å²) in [4.78, 5) is 0. The smallest absolute Gasteiger partial charge is 0.408 e. The molecule has 0 atom stereocenters. The van der Waals surface area contributed by atoms with Crippen LogP contribution >= 0.6 is 16.8 Å². The van der Waals surface area contributed by atoms with Gasteiger partial charge in [0.1, 0.15) is 22.7 Å². The summed E-state index contributed by atoms with van der Waals surface area (Å²) >= 11 is 0. The topological polar surface area (TPSA) is 63.2 Å². The summed E-state index contributed by atoms with van der Waals surface area (Å²) in [6.07, 6.45) is 0. The van der Waals surface area contributed by atoms with Gasteiger partial charge in [-0.3, -0.25) is 0 Å². The normalized spacial score (nSPS) is 13.7. The van der Waals surface area contributed by atoms with Gasteiger partial charge in [-0.2, -0.15) is 0 Å². The van der Waals surface area contributed by atoms with E-state index in [2.05, 4.69) is 159 Å². The Morgan fingerprint density at radius 2 is 0.776 bits per heavy atom. The molecule has 0 bridgehead atoms. The summed E-state index contributed by atoms with van der Waals surface area (Å²) in [6.45, 7) is 35.3. The van der Waals surface area contributed by atoms with Gasteiger partial charge in [0.05, 0.1) is 0 Å². The first-order chi connectivity index (χ1) is 26.9. The number of aryl methyl sites for hydroxylation is 4. The Morgan fingerprint density at radius 3 is 1.16 bits per heavy atom. The molecule has 0 N–H and O–H groups in total. The van der Waals surface area contributed by atoms with Crippen molar-refractivity contribution in [1.29, 1.82) is 0 Å². The van der Waals surface area contributed by atoms with Crippen molar-refractivity contribution in [3.63, 3.8) is 0 Å². The van der Waals surface area contributed by atoms with Gasteiger partial charge in [0.15, 0.2) is 11.5 Å². The molecule has 0 amide bonds. The molecule has 58 heavy (non-hydrogen) atoms. The first-order valence-corrected chi connectivity index (χ1v) is 22.5. The maximum atomic E-state index is 7.39. The van der Waals surface area contributed by atoms with Crippen LogP contribution in [-0.2, 0) is 21.7 Å². The van der Waals surface area contributed by atoms with Gasteiger partial charge < -0.3 is 26.5 Å². The Morgan fingerprint density at radius 1 is 0.431 bits per heavy atom. The van der Waals surface area contributed by atoms with Crippen LogP contribution in [0, 0.1) is 27.7 Å². The lowest BCUT2D eigenvalue weighted by Crippen LogP contribution is -2.15. The number of hydrogen-bond acceptors (Lipinski definition) is 6. The molecule has 5 aromatic carbocycles. The highest BCUT2D eigenvalue weighted by Crippen LogP contribution is 2.57. The van der Waals surface area contributed by atoms with Crippen molar-refractivity contribution < 1.29 is 26.5 Å². The van der Waals surface area contributed by atoms with Crippen LogP contribution < -0.4 is 18.1 Å². The number of para-hydroxylation sites is 2. The van der Waals surface area contributed by atoms with E-state index in [1.54, 1.807) is 0 Å². The van der Waals surface area contributed by atoms with Crippen LogP contribution in [0.4, 0.5) is 0 Å². The van der Waals surface area contributed by atoms with Gasteiger partial charge in [-0.15, -0.1) is 0 Å². The van der Waals surface area contributed by atoms with Crippen molar-refractivity contribution >= 4 is 38.8 Å². The van der Waals surface area contributed by atoms with E-state index in [0.29, 0.717) is 23.0 Å². The number of hydrogen-bond donors (Lipinski definition) is 0. The molecule has 0 unspecified atom stereocenters. The predicted molar refractivity (Wildman–Crippen MR) is 243 cm³/mol. The van der Waals surface area contributed by atoms with Crippen molar-refractivity contribution in [1.82, 2.24) is 0 Å². The summed E-state index contributed by atoms with van der Waals surface area (Å²) in [7, 11) is -3.83. The molecular formula is C50H60O6P2. The number of rotatable bonds is 5. The largest absolute Gasteiger partial charge is 0.530 e. The fraction of sp³-hybridized carbons (Fsp3) is 0.400. The minimum Gasteiger partial charge on any atom is -0.408 e. The molecule has 0 saturated carbocycles. The Hall–Kier alpha value is -4.37. The summed E-state index contributed by atoms with van der Waals surface area (Å²) in [6, 6.07) is 25.5. The van der Waals surface area contributed by atoms with Crippen LogP contribution in [0.5, 0.6) is 23.0 Å². The van der Waals surface area contributed by atoms with Crippen LogP contribution in [0.3, 0.4) is 0 Å². The van der Waals surface area contributed by atoms with E-state index >= 15 is 0 Å². The Bertz CT molecular complexity index is 2500. The summed E-state index contributed by atoms with van der Waals surface area (Å²) in [5, 5.41) is 2.04. The highest BCUT2D eigenvalue weighted by Gasteiger charge is 2.35. The van der Waals surface area contributed by atoms with E-state index in [0.717, 1.165) is 66.4 Å². The third-order valence-corrected chi connectivity index (χ3v) is 12.6. The second-order valence-corrected chi connectivity index (χ2v) is 22.2. The first kappa shape index (κ1) is 41.8. The molecule has 8 heteroatoms. The first-order valence-electron chi connectivity index (χ1n) is 20.3. The zero-order valence-electron chi connectivity index (χ0n) is 37.3. The molecule has 2 heterocycles. The van der Waals surface area contributed by atoms with Crippen molar-refractivity contribution in [2.75, 3.05) is 0 Å². The second kappa shape index (κ2) is 14.7. The van der Waals surface area contributed by atoms with Crippen molar-refractivity contribution in [3.8, 4) is 34.1 Å². The van der Waals surface area contributed by atoms with E-state index in [-0.39, 0.29) is 21.7 Å². The van der Waals surface area contributed by atoms with Crippen LogP contribution in [0.25, 0.3) is 33.1 Å². The van der Waals surface area contributed by atoms with Crippen LogP contribution in [-0.4, -0.2) is 0 Å². The van der Waals surface area contributed by atoms with Gasteiger partial charge in [0.25, 0.3) is 0 Å². The fourth-order valence-electron chi connectivity index (χ4n) is 7.69. The Labute approximate surface area is 347 Å². The summed E-state index contributed by atoms with van der Waals surface area (Å²) < 4.78 is 41.2. The molecule has 1 aromatic heterocycles. The van der Waals surface area contributed by atoms with Crippen LogP contribution in [0.2, 0.25) is 0 Å².